The number of carbonyl (C=O) groups is 1. The predicted octanol–water partition coefficient (Wildman–Crippen LogP) is 3.91. The zero-order valence-electron chi connectivity index (χ0n) is 16.4. The summed E-state index contributed by atoms with van der Waals surface area (Å²) in [5.74, 6) is -0.212. The zero-order valence-corrected chi connectivity index (χ0v) is 17.2. The molecule has 2 heterocycles. The van der Waals surface area contributed by atoms with Gasteiger partial charge >= 0.3 is 5.97 Å². The molecule has 2 aromatic rings. The van der Waals surface area contributed by atoms with Gasteiger partial charge in [-0.05, 0) is 60.9 Å². The van der Waals surface area contributed by atoms with E-state index in [1.54, 1.807) is 11.3 Å². The maximum absolute atomic E-state index is 12.3. The lowest BCUT2D eigenvalue weighted by Gasteiger charge is -2.29. The molecule has 0 atom stereocenters. The molecule has 1 N–H and O–H groups in total. The Morgan fingerprint density at radius 2 is 1.93 bits per heavy atom. The first-order valence-electron chi connectivity index (χ1n) is 10.1. The number of fused-ring (bicyclic) bond motifs is 2. The van der Waals surface area contributed by atoms with Crippen molar-refractivity contribution in [2.24, 2.45) is 0 Å². The first kappa shape index (κ1) is 19.4. The number of nitrogens with zero attached hydrogens (tertiary/aromatic N) is 1. The molecule has 1 aliphatic carbocycles. The van der Waals surface area contributed by atoms with E-state index in [0.29, 0.717) is 11.5 Å². The van der Waals surface area contributed by atoms with Crippen LogP contribution in [0.15, 0.2) is 35.9 Å². The van der Waals surface area contributed by atoms with E-state index in [1.807, 2.05) is 6.92 Å². The number of β-amino-alcohol motifs (C(OH)–C–C–N with tert-alkyl or cyclic N) is 1. The summed E-state index contributed by atoms with van der Waals surface area (Å²) < 4.78 is 5.25. The summed E-state index contributed by atoms with van der Waals surface area (Å²) in [7, 11) is 0. The predicted molar refractivity (Wildman–Crippen MR) is 113 cm³/mol. The van der Waals surface area contributed by atoms with E-state index in [9.17, 15) is 9.90 Å². The first-order valence-corrected chi connectivity index (χ1v) is 11.0. The Labute approximate surface area is 170 Å². The lowest BCUT2D eigenvalue weighted by molar-refractivity contribution is 0.0532. The summed E-state index contributed by atoms with van der Waals surface area (Å²) in [5, 5.41) is 9.23. The molecular formula is C23H27NO3S. The molecule has 1 aliphatic heterocycles. The summed E-state index contributed by atoms with van der Waals surface area (Å²) in [6, 6.07) is 10.8. The van der Waals surface area contributed by atoms with Gasteiger partial charge in [0.1, 0.15) is 4.88 Å². The normalized spacial score (nSPS) is 17.1. The highest BCUT2D eigenvalue weighted by Gasteiger charge is 2.27. The second kappa shape index (κ2) is 8.60. The van der Waals surface area contributed by atoms with Crippen molar-refractivity contribution in [3.8, 4) is 0 Å². The monoisotopic (exact) mass is 397 g/mol. The Morgan fingerprint density at radius 3 is 2.68 bits per heavy atom. The topological polar surface area (TPSA) is 49.8 Å². The summed E-state index contributed by atoms with van der Waals surface area (Å²) in [5.41, 5.74) is 6.74. The number of aryl methyl sites for hydroxylation is 2. The van der Waals surface area contributed by atoms with Gasteiger partial charge in [-0.1, -0.05) is 29.8 Å². The molecular weight excluding hydrogens is 370 g/mol. The van der Waals surface area contributed by atoms with Crippen LogP contribution in [-0.4, -0.2) is 48.8 Å². The van der Waals surface area contributed by atoms with Crippen LogP contribution in [0.1, 0.15) is 51.0 Å². The first-order chi connectivity index (χ1) is 13.7. The number of hydrogen-bond donors (Lipinski definition) is 1. The largest absolute Gasteiger partial charge is 0.462 e. The number of piperidine rings is 1. The highest BCUT2D eigenvalue weighted by atomic mass is 32.1. The third kappa shape index (κ3) is 3.79. The van der Waals surface area contributed by atoms with Crippen molar-refractivity contribution in [1.82, 2.24) is 4.90 Å². The number of aliphatic hydroxyl groups excluding tert-OH is 1. The lowest BCUT2D eigenvalue weighted by atomic mass is 9.87. The van der Waals surface area contributed by atoms with E-state index < -0.39 is 0 Å². The number of rotatable bonds is 4. The highest BCUT2D eigenvalue weighted by molar-refractivity contribution is 7.14. The fourth-order valence-corrected chi connectivity index (χ4v) is 5.38. The summed E-state index contributed by atoms with van der Waals surface area (Å²) in [6.07, 6.45) is 3.98. The van der Waals surface area contributed by atoms with Crippen molar-refractivity contribution in [2.75, 3.05) is 32.8 Å². The Kier molecular flexibility index (Phi) is 5.95. The van der Waals surface area contributed by atoms with Crippen molar-refractivity contribution in [2.45, 2.75) is 32.6 Å². The summed E-state index contributed by atoms with van der Waals surface area (Å²) in [6.45, 7) is 5.17. The summed E-state index contributed by atoms with van der Waals surface area (Å²) in [4.78, 5) is 16.7. The average molecular weight is 398 g/mol. The minimum Gasteiger partial charge on any atom is -0.462 e. The molecule has 0 amide bonds. The fourth-order valence-electron chi connectivity index (χ4n) is 4.32. The van der Waals surface area contributed by atoms with Crippen molar-refractivity contribution in [3.05, 3.63) is 62.3 Å². The van der Waals surface area contributed by atoms with Crippen molar-refractivity contribution >= 4 is 22.9 Å². The van der Waals surface area contributed by atoms with Crippen LogP contribution in [0.4, 0.5) is 0 Å². The number of thiophene rings is 1. The van der Waals surface area contributed by atoms with Gasteiger partial charge in [-0.25, -0.2) is 4.79 Å². The number of aliphatic hydroxyl groups is 1. The fraction of sp³-hybridized carbons (Fsp3) is 0.435. The van der Waals surface area contributed by atoms with E-state index in [0.717, 1.165) is 45.3 Å². The number of hydrogen-bond acceptors (Lipinski definition) is 5. The molecule has 0 unspecified atom stereocenters. The molecule has 28 heavy (non-hydrogen) atoms. The molecule has 4 rings (SSSR count). The zero-order chi connectivity index (χ0) is 19.5. The Balaban J connectivity index is 1.78. The van der Waals surface area contributed by atoms with E-state index in [-0.39, 0.29) is 12.6 Å². The third-order valence-electron chi connectivity index (χ3n) is 5.69. The molecule has 0 spiro atoms. The molecule has 1 aromatic heterocycles. The van der Waals surface area contributed by atoms with Gasteiger partial charge in [0.2, 0.25) is 0 Å². The van der Waals surface area contributed by atoms with Crippen LogP contribution >= 0.6 is 11.3 Å². The quantitative estimate of drug-likeness (QED) is 0.795. The molecule has 0 saturated carbocycles. The van der Waals surface area contributed by atoms with Gasteiger partial charge in [0, 0.05) is 24.5 Å². The van der Waals surface area contributed by atoms with Crippen LogP contribution in [-0.2, 0) is 17.6 Å². The van der Waals surface area contributed by atoms with Gasteiger partial charge in [-0.2, -0.15) is 0 Å². The van der Waals surface area contributed by atoms with Crippen LogP contribution in [0, 0.1) is 0 Å². The van der Waals surface area contributed by atoms with Crippen LogP contribution < -0.4 is 0 Å². The molecule has 1 fully saturated rings. The second-order valence-electron chi connectivity index (χ2n) is 7.37. The van der Waals surface area contributed by atoms with Crippen LogP contribution in [0.3, 0.4) is 0 Å². The van der Waals surface area contributed by atoms with E-state index in [4.69, 9.17) is 4.74 Å². The lowest BCUT2D eigenvalue weighted by Crippen LogP contribution is -2.33. The number of benzene rings is 1. The van der Waals surface area contributed by atoms with E-state index in [1.165, 1.54) is 32.7 Å². The Hall–Kier alpha value is -1.95. The molecule has 148 valence electrons. The molecule has 4 nitrogen and oxygen atoms in total. The van der Waals surface area contributed by atoms with Gasteiger partial charge in [-0.15, -0.1) is 11.3 Å². The second-order valence-corrected chi connectivity index (χ2v) is 8.51. The van der Waals surface area contributed by atoms with Crippen LogP contribution in [0.2, 0.25) is 0 Å². The molecule has 2 aliphatic rings. The van der Waals surface area contributed by atoms with Gasteiger partial charge in [-0.3, -0.25) is 0 Å². The number of ether oxygens (including phenoxy) is 1. The van der Waals surface area contributed by atoms with Gasteiger partial charge in [0.15, 0.2) is 0 Å². The standard InChI is InChI=1S/C23H27NO3S/c1-2-27-23(26)21-15-19-20(28-21)8-7-16-5-3-4-6-18(16)22(19)17-9-11-24(12-10-17)13-14-25/h3-6,15,25H,2,7-14H2,1H3. The number of carbonyl (C=O) groups excluding carboxylic acids is 1. The molecule has 0 bridgehead atoms. The van der Waals surface area contributed by atoms with Gasteiger partial charge < -0.3 is 14.7 Å². The average Bonchev–Trinajstić information content (AvgIpc) is 3.07. The van der Waals surface area contributed by atoms with Crippen molar-refractivity contribution in [1.29, 1.82) is 0 Å². The van der Waals surface area contributed by atoms with E-state index >= 15 is 0 Å². The van der Waals surface area contributed by atoms with Crippen molar-refractivity contribution < 1.29 is 14.6 Å². The summed E-state index contributed by atoms with van der Waals surface area (Å²) >= 11 is 1.59. The minimum atomic E-state index is -0.212. The number of likely N-dealkylation sites (tertiary alicyclic amines) is 1. The highest BCUT2D eigenvalue weighted by Crippen LogP contribution is 2.41. The Bertz CT molecular complexity index is 889. The maximum atomic E-state index is 12.3. The molecule has 0 radical (unpaired) electrons. The maximum Gasteiger partial charge on any atom is 0.348 e. The molecule has 1 aromatic carbocycles. The van der Waals surface area contributed by atoms with Gasteiger partial charge in [0.05, 0.1) is 13.2 Å². The number of esters is 1. The van der Waals surface area contributed by atoms with E-state index in [2.05, 4.69) is 35.2 Å². The Morgan fingerprint density at radius 1 is 1.14 bits per heavy atom. The third-order valence-corrected chi connectivity index (χ3v) is 6.87. The SMILES string of the molecule is CCOC(=O)c1cc2c(s1)CCc1ccccc1C2=C1CCN(CCO)CC1. The van der Waals surface area contributed by atoms with Crippen molar-refractivity contribution in [3.63, 3.8) is 0 Å². The molecule has 5 heteroatoms. The van der Waals surface area contributed by atoms with Crippen LogP contribution in [0.25, 0.3) is 5.57 Å². The van der Waals surface area contributed by atoms with Gasteiger partial charge in [0.25, 0.3) is 0 Å². The molecule has 1 saturated heterocycles. The minimum absolute atomic E-state index is 0.212. The smallest absolute Gasteiger partial charge is 0.348 e. The van der Waals surface area contributed by atoms with Crippen LogP contribution in [0.5, 0.6) is 0 Å².